The van der Waals surface area contributed by atoms with E-state index >= 15 is 0 Å². The summed E-state index contributed by atoms with van der Waals surface area (Å²) in [6, 6.07) is 0. The van der Waals surface area contributed by atoms with Gasteiger partial charge < -0.3 is 23.7 Å². The van der Waals surface area contributed by atoms with Crippen molar-refractivity contribution in [3.63, 3.8) is 0 Å². The van der Waals surface area contributed by atoms with Gasteiger partial charge in [-0.25, -0.2) is 0 Å². The fourth-order valence-electron chi connectivity index (χ4n) is 2.99. The van der Waals surface area contributed by atoms with E-state index in [-0.39, 0.29) is 6.54 Å². The van der Waals surface area contributed by atoms with Crippen LogP contribution in [-0.2, 0) is 23.7 Å². The second-order valence-electron chi connectivity index (χ2n) is 6.22. The molecule has 0 spiro atoms. The van der Waals surface area contributed by atoms with E-state index in [9.17, 15) is 10.1 Å². The van der Waals surface area contributed by atoms with Gasteiger partial charge in [-0.15, -0.1) is 0 Å². The Morgan fingerprint density at radius 2 is 1.50 bits per heavy atom. The number of hydrogen-bond acceptors (Lipinski definition) is 7. The third-order valence-electron chi connectivity index (χ3n) is 3.58. The summed E-state index contributed by atoms with van der Waals surface area (Å²) in [7, 11) is 0. The molecule has 3 aliphatic rings. The highest BCUT2D eigenvalue weighted by Gasteiger charge is 2.61. The van der Waals surface area contributed by atoms with Crippen LogP contribution in [0.15, 0.2) is 0 Å². The third kappa shape index (κ3) is 2.42. The molecule has 0 bridgehead atoms. The van der Waals surface area contributed by atoms with E-state index < -0.39 is 47.2 Å². The van der Waals surface area contributed by atoms with Gasteiger partial charge in [0, 0.05) is 4.92 Å². The first kappa shape index (κ1) is 14.2. The Bertz CT molecular complexity index is 424. The summed E-state index contributed by atoms with van der Waals surface area (Å²) in [6.07, 6.45) is -2.80. The van der Waals surface area contributed by atoms with Gasteiger partial charge >= 0.3 is 0 Å². The first-order valence-corrected chi connectivity index (χ1v) is 6.65. The van der Waals surface area contributed by atoms with Crippen LogP contribution in [0.4, 0.5) is 0 Å². The molecule has 3 saturated heterocycles. The van der Waals surface area contributed by atoms with Crippen LogP contribution in [0.2, 0.25) is 0 Å². The molecule has 0 aliphatic carbocycles. The van der Waals surface area contributed by atoms with Gasteiger partial charge in [0.15, 0.2) is 24.0 Å². The molecule has 3 rings (SSSR count). The zero-order valence-corrected chi connectivity index (χ0v) is 11.9. The van der Waals surface area contributed by atoms with Crippen LogP contribution < -0.4 is 0 Å². The molecule has 114 valence electrons. The molecule has 0 radical (unpaired) electrons. The maximum Gasteiger partial charge on any atom is 0.232 e. The summed E-state index contributed by atoms with van der Waals surface area (Å²) in [6.45, 7) is 6.73. The maximum atomic E-state index is 10.8. The lowest BCUT2D eigenvalue weighted by Crippen LogP contribution is -2.56. The minimum atomic E-state index is -0.821. The van der Waals surface area contributed by atoms with Crippen LogP contribution in [0.25, 0.3) is 0 Å². The Morgan fingerprint density at radius 1 is 0.950 bits per heavy atom. The molecule has 3 aliphatic heterocycles. The van der Waals surface area contributed by atoms with Crippen molar-refractivity contribution in [3.05, 3.63) is 10.1 Å². The van der Waals surface area contributed by atoms with E-state index in [4.69, 9.17) is 23.7 Å². The van der Waals surface area contributed by atoms with Crippen LogP contribution >= 0.6 is 0 Å². The van der Waals surface area contributed by atoms with Gasteiger partial charge in [-0.3, -0.25) is 10.1 Å². The van der Waals surface area contributed by atoms with E-state index in [1.807, 2.05) is 0 Å². The van der Waals surface area contributed by atoms with E-state index in [1.54, 1.807) is 27.7 Å². The summed E-state index contributed by atoms with van der Waals surface area (Å²) < 4.78 is 28.7. The van der Waals surface area contributed by atoms with Crippen molar-refractivity contribution >= 4 is 0 Å². The van der Waals surface area contributed by atoms with Crippen molar-refractivity contribution in [1.82, 2.24) is 0 Å². The smallest absolute Gasteiger partial charge is 0.232 e. The second-order valence-corrected chi connectivity index (χ2v) is 6.22. The molecule has 3 heterocycles. The number of hydrogen-bond donors (Lipinski definition) is 0. The molecule has 8 nitrogen and oxygen atoms in total. The monoisotopic (exact) mass is 289 g/mol. The molecule has 3 fully saturated rings. The molecule has 0 unspecified atom stereocenters. The first-order valence-electron chi connectivity index (χ1n) is 6.65. The highest BCUT2D eigenvalue weighted by molar-refractivity contribution is 4.99. The SMILES string of the molecule is CC1(C)O[C@@H]2O[C@H](C[N+](=O)[O-])[C@@H]3OC(C)(C)O[C@@H]3[C@@H]2O1. The number of fused-ring (bicyclic) bond motifs is 3. The fraction of sp³-hybridized carbons (Fsp3) is 1.00. The Morgan fingerprint density at radius 3 is 2.15 bits per heavy atom. The van der Waals surface area contributed by atoms with Gasteiger partial charge in [0.25, 0.3) is 0 Å². The molecule has 0 aromatic carbocycles. The number of ether oxygens (including phenoxy) is 5. The second kappa shape index (κ2) is 4.35. The number of nitrogens with zero attached hydrogens (tertiary/aromatic N) is 1. The first-order chi connectivity index (χ1) is 9.17. The van der Waals surface area contributed by atoms with Crippen LogP contribution in [-0.4, -0.2) is 53.7 Å². The van der Waals surface area contributed by atoms with Crippen molar-refractivity contribution in [2.75, 3.05) is 6.54 Å². The summed E-state index contributed by atoms with van der Waals surface area (Å²) in [4.78, 5) is 10.4. The van der Waals surface area contributed by atoms with Crippen molar-refractivity contribution in [2.24, 2.45) is 0 Å². The van der Waals surface area contributed by atoms with Crippen LogP contribution in [0.1, 0.15) is 27.7 Å². The lowest BCUT2D eigenvalue weighted by molar-refractivity contribution is -0.499. The Balaban J connectivity index is 1.86. The summed E-state index contributed by atoms with van der Waals surface area (Å²) >= 11 is 0. The van der Waals surface area contributed by atoms with Crippen molar-refractivity contribution in [3.8, 4) is 0 Å². The minimum absolute atomic E-state index is 0.354. The summed E-state index contributed by atoms with van der Waals surface area (Å²) in [5.41, 5.74) is 0. The molecule has 0 saturated carbocycles. The molecule has 0 amide bonds. The maximum absolute atomic E-state index is 10.8. The molecule has 8 heteroatoms. The Hall–Kier alpha value is -0.800. The van der Waals surface area contributed by atoms with Gasteiger partial charge in [0.05, 0.1) is 0 Å². The standard InChI is InChI=1S/C12H19NO7/c1-11(2)17-7-6(5-13(14)15)16-10-9(8(7)18-11)19-12(3,4)20-10/h6-10H,5H2,1-4H3/t6-,7+,8+,9+,10+/m1/s1. The van der Waals surface area contributed by atoms with Crippen molar-refractivity contribution < 1.29 is 28.6 Å². The summed E-state index contributed by atoms with van der Waals surface area (Å²) in [5.74, 6) is -1.63. The quantitative estimate of drug-likeness (QED) is 0.545. The predicted octanol–water partition coefficient (Wildman–Crippen LogP) is 0.660. The van der Waals surface area contributed by atoms with Crippen LogP contribution in [0.5, 0.6) is 0 Å². The lowest BCUT2D eigenvalue weighted by Gasteiger charge is -2.35. The average Bonchev–Trinajstić information content (AvgIpc) is 2.73. The Kier molecular flexibility index (Phi) is 3.07. The van der Waals surface area contributed by atoms with Gasteiger partial charge in [-0.05, 0) is 27.7 Å². The van der Waals surface area contributed by atoms with E-state index in [2.05, 4.69) is 0 Å². The highest BCUT2D eigenvalue weighted by atomic mass is 16.9. The topological polar surface area (TPSA) is 89.3 Å². The zero-order valence-electron chi connectivity index (χ0n) is 11.9. The van der Waals surface area contributed by atoms with Gasteiger partial charge in [0.1, 0.15) is 18.3 Å². The Labute approximate surface area is 116 Å². The fourth-order valence-corrected chi connectivity index (χ4v) is 2.99. The molecule has 20 heavy (non-hydrogen) atoms. The third-order valence-corrected chi connectivity index (χ3v) is 3.58. The molecule has 5 atom stereocenters. The van der Waals surface area contributed by atoms with Crippen LogP contribution in [0.3, 0.4) is 0 Å². The van der Waals surface area contributed by atoms with Gasteiger partial charge in [-0.2, -0.15) is 0 Å². The number of nitro groups is 1. The van der Waals surface area contributed by atoms with E-state index in [0.717, 1.165) is 0 Å². The predicted molar refractivity (Wildman–Crippen MR) is 64.4 cm³/mol. The summed E-state index contributed by atoms with van der Waals surface area (Å²) in [5, 5.41) is 10.8. The number of rotatable bonds is 2. The van der Waals surface area contributed by atoms with E-state index in [1.165, 1.54) is 0 Å². The molecular weight excluding hydrogens is 270 g/mol. The van der Waals surface area contributed by atoms with Crippen molar-refractivity contribution in [2.45, 2.75) is 70.0 Å². The van der Waals surface area contributed by atoms with Crippen molar-refractivity contribution in [1.29, 1.82) is 0 Å². The van der Waals surface area contributed by atoms with E-state index in [0.29, 0.717) is 0 Å². The lowest BCUT2D eigenvalue weighted by atomic mass is 9.99. The van der Waals surface area contributed by atoms with Gasteiger partial charge in [0.2, 0.25) is 6.54 Å². The van der Waals surface area contributed by atoms with Crippen LogP contribution in [0, 0.1) is 10.1 Å². The molecule has 0 N–H and O–H groups in total. The normalized spacial score (nSPS) is 44.9. The minimum Gasteiger partial charge on any atom is -0.342 e. The molecule has 0 aromatic heterocycles. The largest absolute Gasteiger partial charge is 0.342 e. The molecule has 0 aromatic rings. The van der Waals surface area contributed by atoms with Gasteiger partial charge in [-0.1, -0.05) is 0 Å². The zero-order chi connectivity index (χ0) is 14.7. The molecular formula is C12H19NO7. The highest BCUT2D eigenvalue weighted by Crippen LogP contribution is 2.43. The average molecular weight is 289 g/mol.